The van der Waals surface area contributed by atoms with Crippen LogP contribution in [-0.2, 0) is 19.2 Å². The molecule has 1 heterocycles. The number of aromatic nitrogens is 1. The predicted molar refractivity (Wildman–Crippen MR) is 107 cm³/mol. The van der Waals surface area contributed by atoms with Crippen molar-refractivity contribution >= 4 is 10.9 Å². The van der Waals surface area contributed by atoms with E-state index in [0.717, 1.165) is 22.8 Å². The third kappa shape index (κ3) is 3.87. The van der Waals surface area contributed by atoms with Gasteiger partial charge in [0, 0.05) is 11.6 Å². The van der Waals surface area contributed by atoms with Crippen LogP contribution in [0.5, 0.6) is 0 Å². The number of para-hydroxylation sites is 1. The SMILES string of the molecule is OCc1cccc(-c2c(Cc3ccccc3)cnc3c(C(F)(F)F)cccc23)c1. The summed E-state index contributed by atoms with van der Waals surface area (Å²) in [5, 5.41) is 9.96. The summed E-state index contributed by atoms with van der Waals surface area (Å²) in [5.41, 5.74) is 3.22. The predicted octanol–water partition coefficient (Wildman–Crippen LogP) is 6.00. The molecule has 0 spiro atoms. The number of nitrogens with zero attached hydrogens (tertiary/aromatic N) is 1. The van der Waals surface area contributed by atoms with E-state index in [9.17, 15) is 18.3 Å². The molecular formula is C24H18F3NO. The first-order valence-corrected chi connectivity index (χ1v) is 9.19. The molecule has 4 rings (SSSR count). The number of halogens is 3. The maximum atomic E-state index is 13.5. The second-order valence-electron chi connectivity index (χ2n) is 6.88. The largest absolute Gasteiger partial charge is 0.418 e. The Bertz CT molecular complexity index is 1150. The maximum absolute atomic E-state index is 13.5. The normalized spacial score (nSPS) is 11.7. The number of hydrogen-bond acceptors (Lipinski definition) is 2. The number of benzene rings is 3. The quantitative estimate of drug-likeness (QED) is 0.461. The van der Waals surface area contributed by atoms with Crippen molar-refractivity contribution in [1.29, 1.82) is 0 Å². The minimum Gasteiger partial charge on any atom is -0.392 e. The Morgan fingerprint density at radius 1 is 0.828 bits per heavy atom. The summed E-state index contributed by atoms with van der Waals surface area (Å²) in [6, 6.07) is 21.1. The third-order valence-corrected chi connectivity index (χ3v) is 4.92. The Hall–Kier alpha value is -3.18. The van der Waals surface area contributed by atoms with Crippen molar-refractivity contribution in [3.05, 3.63) is 101 Å². The highest BCUT2D eigenvalue weighted by molar-refractivity contribution is 5.98. The van der Waals surface area contributed by atoms with Crippen molar-refractivity contribution in [2.24, 2.45) is 0 Å². The van der Waals surface area contributed by atoms with Gasteiger partial charge in [0.05, 0.1) is 17.7 Å². The third-order valence-electron chi connectivity index (χ3n) is 4.92. The van der Waals surface area contributed by atoms with Gasteiger partial charge in [-0.3, -0.25) is 4.98 Å². The summed E-state index contributed by atoms with van der Waals surface area (Å²) < 4.78 is 40.6. The van der Waals surface area contributed by atoms with Crippen molar-refractivity contribution in [2.45, 2.75) is 19.2 Å². The second-order valence-corrected chi connectivity index (χ2v) is 6.88. The molecule has 0 aliphatic rings. The molecule has 0 unspecified atom stereocenters. The van der Waals surface area contributed by atoms with Crippen LogP contribution in [0, 0.1) is 0 Å². The molecule has 3 aromatic carbocycles. The van der Waals surface area contributed by atoms with Crippen LogP contribution in [0.4, 0.5) is 13.2 Å². The van der Waals surface area contributed by atoms with Gasteiger partial charge in [-0.05, 0) is 46.4 Å². The molecule has 0 radical (unpaired) electrons. The van der Waals surface area contributed by atoms with Crippen LogP contribution in [0.25, 0.3) is 22.0 Å². The molecule has 1 N–H and O–H groups in total. The minimum atomic E-state index is -4.49. The van der Waals surface area contributed by atoms with Crippen LogP contribution in [0.15, 0.2) is 79.0 Å². The van der Waals surface area contributed by atoms with E-state index >= 15 is 0 Å². The zero-order valence-electron chi connectivity index (χ0n) is 15.4. The van der Waals surface area contributed by atoms with Crippen molar-refractivity contribution in [2.75, 3.05) is 0 Å². The molecule has 2 nitrogen and oxygen atoms in total. The molecular weight excluding hydrogens is 375 g/mol. The van der Waals surface area contributed by atoms with Gasteiger partial charge >= 0.3 is 6.18 Å². The monoisotopic (exact) mass is 393 g/mol. The number of hydrogen-bond donors (Lipinski definition) is 1. The topological polar surface area (TPSA) is 33.1 Å². The lowest BCUT2D eigenvalue weighted by molar-refractivity contribution is -0.136. The zero-order valence-corrected chi connectivity index (χ0v) is 15.4. The van der Waals surface area contributed by atoms with Crippen LogP contribution < -0.4 is 0 Å². The highest BCUT2D eigenvalue weighted by atomic mass is 19.4. The van der Waals surface area contributed by atoms with E-state index in [1.807, 2.05) is 42.5 Å². The standard InChI is InChI=1S/C24H18F3NO/c25-24(26,27)21-11-5-10-20-22(18-9-4-8-17(13-18)15-29)19(14-28-23(20)21)12-16-6-2-1-3-7-16/h1-11,13-14,29H,12,15H2. The van der Waals surface area contributed by atoms with E-state index in [4.69, 9.17) is 0 Å². The summed E-state index contributed by atoms with van der Waals surface area (Å²) in [6.07, 6.45) is -2.41. The van der Waals surface area contributed by atoms with Gasteiger partial charge in [0.2, 0.25) is 0 Å². The smallest absolute Gasteiger partial charge is 0.392 e. The van der Waals surface area contributed by atoms with Crippen molar-refractivity contribution in [1.82, 2.24) is 4.98 Å². The lowest BCUT2D eigenvalue weighted by atomic mass is 9.91. The molecule has 0 fully saturated rings. The number of fused-ring (bicyclic) bond motifs is 1. The Kier molecular flexibility index (Phi) is 5.07. The second kappa shape index (κ2) is 7.68. The number of pyridine rings is 1. The molecule has 29 heavy (non-hydrogen) atoms. The molecule has 0 atom stereocenters. The van der Waals surface area contributed by atoms with Gasteiger partial charge < -0.3 is 5.11 Å². The zero-order chi connectivity index (χ0) is 20.4. The van der Waals surface area contributed by atoms with E-state index < -0.39 is 11.7 Å². The van der Waals surface area contributed by atoms with E-state index in [2.05, 4.69) is 4.98 Å². The summed E-state index contributed by atoms with van der Waals surface area (Å²) in [5.74, 6) is 0. The van der Waals surface area contributed by atoms with E-state index in [1.54, 1.807) is 18.2 Å². The fourth-order valence-electron chi connectivity index (χ4n) is 3.61. The van der Waals surface area contributed by atoms with Gasteiger partial charge in [-0.15, -0.1) is 0 Å². The molecule has 4 aromatic rings. The molecule has 0 saturated carbocycles. The summed E-state index contributed by atoms with van der Waals surface area (Å²) in [4.78, 5) is 4.20. The number of rotatable bonds is 4. The van der Waals surface area contributed by atoms with Gasteiger partial charge in [0.1, 0.15) is 0 Å². The van der Waals surface area contributed by atoms with Crippen LogP contribution in [-0.4, -0.2) is 10.1 Å². The van der Waals surface area contributed by atoms with Crippen molar-refractivity contribution in [3.8, 4) is 11.1 Å². The van der Waals surface area contributed by atoms with E-state index in [0.29, 0.717) is 22.9 Å². The Morgan fingerprint density at radius 3 is 2.28 bits per heavy atom. The molecule has 0 aliphatic carbocycles. The van der Waals surface area contributed by atoms with Gasteiger partial charge in [-0.25, -0.2) is 0 Å². The van der Waals surface area contributed by atoms with Gasteiger partial charge in [-0.2, -0.15) is 13.2 Å². The fourth-order valence-corrected chi connectivity index (χ4v) is 3.61. The highest BCUT2D eigenvalue weighted by Crippen LogP contribution is 2.39. The molecule has 0 bridgehead atoms. The van der Waals surface area contributed by atoms with Crippen LogP contribution in [0.2, 0.25) is 0 Å². The first-order valence-electron chi connectivity index (χ1n) is 9.19. The molecule has 1 aromatic heterocycles. The van der Waals surface area contributed by atoms with Crippen LogP contribution >= 0.6 is 0 Å². The minimum absolute atomic E-state index is 0.0683. The first kappa shape index (κ1) is 19.2. The summed E-state index contributed by atoms with van der Waals surface area (Å²) in [6.45, 7) is -0.140. The number of aliphatic hydroxyl groups is 1. The highest BCUT2D eigenvalue weighted by Gasteiger charge is 2.33. The van der Waals surface area contributed by atoms with Gasteiger partial charge in [-0.1, -0.05) is 60.7 Å². The molecule has 0 amide bonds. The maximum Gasteiger partial charge on any atom is 0.418 e. The van der Waals surface area contributed by atoms with Crippen molar-refractivity contribution < 1.29 is 18.3 Å². The summed E-state index contributed by atoms with van der Waals surface area (Å²) in [7, 11) is 0. The lowest BCUT2D eigenvalue weighted by Crippen LogP contribution is -2.07. The number of aliphatic hydroxyl groups excluding tert-OH is 1. The first-order chi connectivity index (χ1) is 14.0. The Labute approximate surface area is 166 Å². The van der Waals surface area contributed by atoms with E-state index in [-0.39, 0.29) is 12.1 Å². The van der Waals surface area contributed by atoms with Gasteiger partial charge in [0.25, 0.3) is 0 Å². The lowest BCUT2D eigenvalue weighted by Gasteiger charge is -2.17. The van der Waals surface area contributed by atoms with Crippen LogP contribution in [0.3, 0.4) is 0 Å². The average molecular weight is 393 g/mol. The summed E-state index contributed by atoms with van der Waals surface area (Å²) >= 11 is 0. The molecule has 0 aliphatic heterocycles. The average Bonchev–Trinajstić information content (AvgIpc) is 2.73. The molecule has 0 saturated heterocycles. The Balaban J connectivity index is 2.00. The fraction of sp³-hybridized carbons (Fsp3) is 0.125. The van der Waals surface area contributed by atoms with Gasteiger partial charge in [0.15, 0.2) is 0 Å². The van der Waals surface area contributed by atoms with Crippen molar-refractivity contribution in [3.63, 3.8) is 0 Å². The Morgan fingerprint density at radius 2 is 1.55 bits per heavy atom. The van der Waals surface area contributed by atoms with Crippen LogP contribution in [0.1, 0.15) is 22.3 Å². The molecule has 5 heteroatoms. The number of alkyl halides is 3. The molecule has 146 valence electrons. The van der Waals surface area contributed by atoms with E-state index in [1.165, 1.54) is 12.3 Å².